The standard InChI is InChI=1S/C31H32N2O4/c1-21-22(2)29(15-14-28(21)25-12-10-24(19-32)11-13-25)37-20-27-17-26(18-30(34)35)31(36)33(27)16-6-9-23-7-4-3-5-8-23/h3-5,7-8,10-15,26-27H,6,9,16-18,20H2,1-2H3,(H,34,35)/t26-,27-/m0/s1. The summed E-state index contributed by atoms with van der Waals surface area (Å²) in [6.45, 7) is 4.97. The number of likely N-dealkylation sites (tertiary alicyclic amines) is 1. The maximum atomic E-state index is 13.1. The van der Waals surface area contributed by atoms with E-state index in [4.69, 9.17) is 10.00 Å². The van der Waals surface area contributed by atoms with Crippen LogP contribution in [0.2, 0.25) is 0 Å². The van der Waals surface area contributed by atoms with Crippen molar-refractivity contribution in [3.8, 4) is 22.9 Å². The Morgan fingerprint density at radius 1 is 1.05 bits per heavy atom. The number of carbonyl (C=O) groups excluding carboxylic acids is 1. The number of carboxylic acid groups (broad SMARTS) is 1. The van der Waals surface area contributed by atoms with Crippen LogP contribution in [0.3, 0.4) is 0 Å². The molecule has 3 aromatic rings. The van der Waals surface area contributed by atoms with Crippen LogP contribution in [0.25, 0.3) is 11.1 Å². The number of hydrogen-bond donors (Lipinski definition) is 1. The average Bonchev–Trinajstić information content (AvgIpc) is 3.19. The van der Waals surface area contributed by atoms with E-state index in [0.717, 1.165) is 40.8 Å². The minimum atomic E-state index is -0.950. The van der Waals surface area contributed by atoms with Crippen LogP contribution in [0.1, 0.15) is 41.5 Å². The summed E-state index contributed by atoms with van der Waals surface area (Å²) in [4.78, 5) is 26.2. The van der Waals surface area contributed by atoms with Crippen LogP contribution in [-0.4, -0.2) is 41.1 Å². The molecule has 1 aliphatic rings. The van der Waals surface area contributed by atoms with Crippen molar-refractivity contribution in [3.63, 3.8) is 0 Å². The van der Waals surface area contributed by atoms with E-state index in [1.807, 2.05) is 73.3 Å². The average molecular weight is 497 g/mol. The molecule has 0 aliphatic carbocycles. The molecular weight excluding hydrogens is 464 g/mol. The molecule has 190 valence electrons. The van der Waals surface area contributed by atoms with Crippen LogP contribution in [0.5, 0.6) is 5.75 Å². The highest BCUT2D eigenvalue weighted by Gasteiger charge is 2.40. The minimum absolute atomic E-state index is 0.0897. The third-order valence-electron chi connectivity index (χ3n) is 7.25. The maximum Gasteiger partial charge on any atom is 0.304 e. The van der Waals surface area contributed by atoms with Gasteiger partial charge in [0, 0.05) is 6.54 Å². The Morgan fingerprint density at radius 2 is 1.78 bits per heavy atom. The molecule has 6 nitrogen and oxygen atoms in total. The molecular formula is C31H32N2O4. The van der Waals surface area contributed by atoms with Crippen molar-refractivity contribution in [1.82, 2.24) is 4.90 Å². The van der Waals surface area contributed by atoms with Crippen LogP contribution in [0.15, 0.2) is 66.7 Å². The lowest BCUT2D eigenvalue weighted by molar-refractivity contribution is -0.142. The first-order chi connectivity index (χ1) is 17.9. The molecule has 1 N–H and O–H groups in total. The number of aryl methyl sites for hydroxylation is 1. The van der Waals surface area contributed by atoms with E-state index in [1.165, 1.54) is 5.56 Å². The fourth-order valence-electron chi connectivity index (χ4n) is 5.08. The number of rotatable bonds is 10. The molecule has 0 radical (unpaired) electrons. The summed E-state index contributed by atoms with van der Waals surface area (Å²) in [5.74, 6) is -0.792. The van der Waals surface area contributed by atoms with E-state index in [-0.39, 0.29) is 18.4 Å². The zero-order valence-corrected chi connectivity index (χ0v) is 21.3. The van der Waals surface area contributed by atoms with Gasteiger partial charge in [0.15, 0.2) is 0 Å². The number of benzene rings is 3. The Morgan fingerprint density at radius 3 is 2.46 bits per heavy atom. The van der Waals surface area contributed by atoms with Gasteiger partial charge in [0.25, 0.3) is 0 Å². The number of carbonyl (C=O) groups is 2. The summed E-state index contributed by atoms with van der Waals surface area (Å²) in [5, 5.41) is 18.4. The summed E-state index contributed by atoms with van der Waals surface area (Å²) < 4.78 is 6.24. The number of carboxylic acids is 1. The van der Waals surface area contributed by atoms with Crippen LogP contribution in [0.4, 0.5) is 0 Å². The van der Waals surface area contributed by atoms with Gasteiger partial charge < -0.3 is 14.7 Å². The van der Waals surface area contributed by atoms with Crippen molar-refractivity contribution >= 4 is 11.9 Å². The molecule has 1 heterocycles. The smallest absolute Gasteiger partial charge is 0.304 e. The number of amides is 1. The molecule has 1 fully saturated rings. The normalized spacial score (nSPS) is 17.0. The summed E-state index contributed by atoms with van der Waals surface area (Å²) in [6, 6.07) is 23.6. The highest BCUT2D eigenvalue weighted by atomic mass is 16.5. The van der Waals surface area contributed by atoms with Gasteiger partial charge in [-0.15, -0.1) is 0 Å². The van der Waals surface area contributed by atoms with E-state index in [0.29, 0.717) is 25.1 Å². The highest BCUT2D eigenvalue weighted by Crippen LogP contribution is 2.33. The number of nitriles is 1. The quantitative estimate of drug-likeness (QED) is 0.398. The van der Waals surface area contributed by atoms with Crippen molar-refractivity contribution in [2.45, 2.75) is 45.6 Å². The third kappa shape index (κ3) is 6.18. The van der Waals surface area contributed by atoms with Gasteiger partial charge >= 0.3 is 5.97 Å². The molecule has 0 bridgehead atoms. The third-order valence-corrected chi connectivity index (χ3v) is 7.25. The maximum absolute atomic E-state index is 13.1. The molecule has 0 spiro atoms. The van der Waals surface area contributed by atoms with Gasteiger partial charge in [0.2, 0.25) is 5.91 Å². The Kier molecular flexibility index (Phi) is 8.25. The second-order valence-electron chi connectivity index (χ2n) is 9.67. The molecule has 0 unspecified atom stereocenters. The van der Waals surface area contributed by atoms with Gasteiger partial charge in [0.1, 0.15) is 12.4 Å². The number of hydrogen-bond acceptors (Lipinski definition) is 4. The second-order valence-corrected chi connectivity index (χ2v) is 9.67. The van der Waals surface area contributed by atoms with Gasteiger partial charge in [-0.3, -0.25) is 9.59 Å². The topological polar surface area (TPSA) is 90.6 Å². The Labute approximate surface area is 218 Å². The second kappa shape index (κ2) is 11.7. The first-order valence-corrected chi connectivity index (χ1v) is 12.7. The summed E-state index contributed by atoms with van der Waals surface area (Å²) in [5.41, 5.74) is 6.07. The largest absolute Gasteiger partial charge is 0.491 e. The lowest BCUT2D eigenvalue weighted by Crippen LogP contribution is -2.38. The van der Waals surface area contributed by atoms with E-state index in [9.17, 15) is 14.7 Å². The molecule has 1 amide bonds. The molecule has 0 aromatic heterocycles. The van der Waals surface area contributed by atoms with E-state index in [2.05, 4.69) is 18.2 Å². The van der Waals surface area contributed by atoms with Gasteiger partial charge in [-0.1, -0.05) is 48.5 Å². The fourth-order valence-corrected chi connectivity index (χ4v) is 5.08. The van der Waals surface area contributed by atoms with Crippen molar-refractivity contribution in [2.24, 2.45) is 5.92 Å². The molecule has 2 atom stereocenters. The monoisotopic (exact) mass is 496 g/mol. The van der Waals surface area contributed by atoms with Crippen LogP contribution >= 0.6 is 0 Å². The fraction of sp³-hybridized carbons (Fsp3) is 0.323. The zero-order valence-electron chi connectivity index (χ0n) is 21.3. The van der Waals surface area contributed by atoms with Crippen molar-refractivity contribution < 1.29 is 19.4 Å². The molecule has 0 saturated carbocycles. The van der Waals surface area contributed by atoms with Gasteiger partial charge in [-0.25, -0.2) is 0 Å². The van der Waals surface area contributed by atoms with Crippen molar-refractivity contribution in [2.75, 3.05) is 13.2 Å². The molecule has 1 aliphatic heterocycles. The summed E-state index contributed by atoms with van der Waals surface area (Å²) in [6.07, 6.45) is 2.00. The SMILES string of the molecule is Cc1c(OC[C@@H]2C[C@@H](CC(=O)O)C(=O)N2CCCc2ccccc2)ccc(-c2ccc(C#N)cc2)c1C. The Balaban J connectivity index is 1.45. The van der Waals surface area contributed by atoms with E-state index >= 15 is 0 Å². The van der Waals surface area contributed by atoms with Gasteiger partial charge in [-0.05, 0) is 79.1 Å². The predicted molar refractivity (Wildman–Crippen MR) is 142 cm³/mol. The van der Waals surface area contributed by atoms with Crippen LogP contribution in [-0.2, 0) is 16.0 Å². The Bertz CT molecular complexity index is 1300. The lowest BCUT2D eigenvalue weighted by atomic mass is 9.96. The minimum Gasteiger partial charge on any atom is -0.491 e. The first kappa shape index (κ1) is 26.0. The molecule has 6 heteroatoms. The van der Waals surface area contributed by atoms with E-state index in [1.54, 1.807) is 0 Å². The van der Waals surface area contributed by atoms with Gasteiger partial charge in [-0.2, -0.15) is 5.26 Å². The van der Waals surface area contributed by atoms with Crippen molar-refractivity contribution in [1.29, 1.82) is 5.26 Å². The lowest BCUT2D eigenvalue weighted by Gasteiger charge is -2.25. The summed E-state index contributed by atoms with van der Waals surface area (Å²) >= 11 is 0. The molecule has 3 aromatic carbocycles. The summed E-state index contributed by atoms with van der Waals surface area (Å²) in [7, 11) is 0. The van der Waals surface area contributed by atoms with Crippen LogP contribution < -0.4 is 4.74 Å². The predicted octanol–water partition coefficient (Wildman–Crippen LogP) is 5.55. The molecule has 4 rings (SSSR count). The number of aliphatic carboxylic acids is 1. The first-order valence-electron chi connectivity index (χ1n) is 12.7. The highest BCUT2D eigenvalue weighted by molar-refractivity contribution is 5.85. The zero-order chi connectivity index (χ0) is 26.4. The molecule has 37 heavy (non-hydrogen) atoms. The van der Waals surface area contributed by atoms with Crippen LogP contribution in [0, 0.1) is 31.1 Å². The van der Waals surface area contributed by atoms with E-state index < -0.39 is 11.9 Å². The van der Waals surface area contributed by atoms with Gasteiger partial charge in [0.05, 0.1) is 30.0 Å². The van der Waals surface area contributed by atoms with Crippen molar-refractivity contribution in [3.05, 3.63) is 89.0 Å². The number of nitrogens with zero attached hydrogens (tertiary/aromatic N) is 2. The Hall–Kier alpha value is -4.11. The number of ether oxygens (including phenoxy) is 1. The molecule has 1 saturated heterocycles.